The predicted octanol–water partition coefficient (Wildman–Crippen LogP) is 4.59. The van der Waals surface area contributed by atoms with Crippen molar-refractivity contribution < 1.29 is 19.1 Å². The summed E-state index contributed by atoms with van der Waals surface area (Å²) in [6.45, 7) is 7.47. The van der Waals surface area contributed by atoms with Crippen molar-refractivity contribution in [1.29, 1.82) is 0 Å². The highest BCUT2D eigenvalue weighted by atomic mass is 33.1. The van der Waals surface area contributed by atoms with E-state index in [1.54, 1.807) is 27.7 Å². The molecular weight excluding hydrogens is 462 g/mol. The van der Waals surface area contributed by atoms with E-state index in [2.05, 4.69) is 24.1 Å². The fraction of sp³-hybridized carbons (Fsp3) is 0.478. The zero-order valence-electron chi connectivity index (χ0n) is 19.1. The lowest BCUT2D eigenvalue weighted by atomic mass is 10.0. The molecule has 178 valence electrons. The Kier molecular flexibility index (Phi) is 8.99. The molecule has 33 heavy (non-hydrogen) atoms. The minimum absolute atomic E-state index is 0.139. The molecule has 1 aliphatic rings. The summed E-state index contributed by atoms with van der Waals surface area (Å²) in [5, 5.41) is 2.63. The van der Waals surface area contributed by atoms with Crippen LogP contribution < -0.4 is 11.0 Å². The van der Waals surface area contributed by atoms with Crippen LogP contribution >= 0.6 is 21.6 Å². The SMILES string of the molecule is CCSSC(C)c1ccccc1C(=O)OC1C[C@H](n2ccc(NC(C)=O)nc2=O)O[C@@H]1CC. The second-order valence-electron chi connectivity index (χ2n) is 7.63. The Labute approximate surface area is 201 Å². The van der Waals surface area contributed by atoms with E-state index < -0.39 is 24.0 Å². The van der Waals surface area contributed by atoms with Gasteiger partial charge in [0.25, 0.3) is 0 Å². The Bertz CT molecular complexity index is 1040. The first-order valence-corrected chi connectivity index (χ1v) is 13.3. The van der Waals surface area contributed by atoms with Gasteiger partial charge in [-0.1, -0.05) is 53.6 Å². The number of rotatable bonds is 9. The molecule has 2 aromatic rings. The number of aromatic nitrogens is 2. The average Bonchev–Trinajstić information content (AvgIpc) is 3.19. The van der Waals surface area contributed by atoms with Crippen molar-refractivity contribution in [1.82, 2.24) is 9.55 Å². The molecule has 1 saturated heterocycles. The third-order valence-corrected chi connectivity index (χ3v) is 8.13. The first kappa shape index (κ1) is 25.3. The molecule has 10 heteroatoms. The fourth-order valence-electron chi connectivity index (χ4n) is 3.70. The fourth-order valence-corrected chi connectivity index (χ4v) is 5.68. The molecule has 0 bridgehead atoms. The first-order chi connectivity index (χ1) is 15.8. The molecule has 3 rings (SSSR count). The van der Waals surface area contributed by atoms with Gasteiger partial charge in [-0.25, -0.2) is 9.59 Å². The number of anilines is 1. The van der Waals surface area contributed by atoms with Crippen LogP contribution in [0.3, 0.4) is 0 Å². The largest absolute Gasteiger partial charge is 0.456 e. The minimum Gasteiger partial charge on any atom is -0.456 e. The highest BCUT2D eigenvalue weighted by Crippen LogP contribution is 2.39. The van der Waals surface area contributed by atoms with Crippen molar-refractivity contribution in [3.05, 3.63) is 58.1 Å². The van der Waals surface area contributed by atoms with E-state index in [-0.39, 0.29) is 23.1 Å². The lowest BCUT2D eigenvalue weighted by Gasteiger charge is -2.19. The number of esters is 1. The van der Waals surface area contributed by atoms with Crippen LogP contribution in [0.5, 0.6) is 0 Å². The van der Waals surface area contributed by atoms with Gasteiger partial charge in [-0.2, -0.15) is 4.98 Å². The molecule has 0 spiro atoms. The summed E-state index contributed by atoms with van der Waals surface area (Å²) in [7, 11) is 3.48. The molecule has 1 fully saturated rings. The Morgan fingerprint density at radius 1 is 1.30 bits per heavy atom. The molecule has 0 radical (unpaired) electrons. The first-order valence-electron chi connectivity index (χ1n) is 10.9. The van der Waals surface area contributed by atoms with Gasteiger partial charge in [0, 0.05) is 30.5 Å². The van der Waals surface area contributed by atoms with Crippen molar-refractivity contribution in [3.63, 3.8) is 0 Å². The number of benzene rings is 1. The van der Waals surface area contributed by atoms with E-state index in [1.807, 2.05) is 25.1 Å². The zero-order chi connectivity index (χ0) is 24.0. The standard InChI is InChI=1S/C23H29N3O5S2/c1-5-18-19(13-21(30-18)26-12-11-20(24-15(4)27)25-23(26)29)31-22(28)17-10-8-7-9-16(17)14(3)33-32-6-2/h7-12,14,18-19,21H,5-6,13H2,1-4H3,(H,24,25,27,29)/t14?,18-,19?,21-/m1/s1. The maximum atomic E-state index is 13.1. The Balaban J connectivity index is 1.74. The monoisotopic (exact) mass is 491 g/mol. The number of nitrogens with one attached hydrogen (secondary N) is 1. The Morgan fingerprint density at radius 3 is 2.73 bits per heavy atom. The average molecular weight is 492 g/mol. The molecule has 0 saturated carbocycles. The lowest BCUT2D eigenvalue weighted by molar-refractivity contribution is -0.114. The van der Waals surface area contributed by atoms with Crippen molar-refractivity contribution >= 4 is 39.3 Å². The molecule has 1 aromatic carbocycles. The van der Waals surface area contributed by atoms with Crippen LogP contribution in [0.2, 0.25) is 0 Å². The number of ether oxygens (including phenoxy) is 2. The highest BCUT2D eigenvalue weighted by molar-refractivity contribution is 8.76. The quantitative estimate of drug-likeness (QED) is 0.402. The number of carbonyl (C=O) groups is 2. The Hall–Kier alpha value is -2.30. The van der Waals surface area contributed by atoms with Gasteiger partial charge in [0.15, 0.2) is 0 Å². The summed E-state index contributed by atoms with van der Waals surface area (Å²) in [5.74, 6) is 0.470. The zero-order valence-corrected chi connectivity index (χ0v) is 20.8. The minimum atomic E-state index is -0.607. The summed E-state index contributed by atoms with van der Waals surface area (Å²) < 4.78 is 13.3. The predicted molar refractivity (Wildman–Crippen MR) is 131 cm³/mol. The molecule has 4 atom stereocenters. The topological polar surface area (TPSA) is 99.5 Å². The van der Waals surface area contributed by atoms with Crippen molar-refractivity contribution in [2.45, 2.75) is 64.2 Å². The maximum Gasteiger partial charge on any atom is 0.351 e. The van der Waals surface area contributed by atoms with Gasteiger partial charge in [0.05, 0.1) is 11.7 Å². The normalized spacial score (nSPS) is 20.9. The van der Waals surface area contributed by atoms with Crippen LogP contribution in [0.15, 0.2) is 41.3 Å². The second kappa shape index (κ2) is 11.7. The van der Waals surface area contributed by atoms with Crippen LogP contribution in [0.4, 0.5) is 5.82 Å². The summed E-state index contributed by atoms with van der Waals surface area (Å²) >= 11 is 0. The van der Waals surface area contributed by atoms with Gasteiger partial charge in [0.1, 0.15) is 18.1 Å². The van der Waals surface area contributed by atoms with Crippen LogP contribution in [-0.2, 0) is 14.3 Å². The summed E-state index contributed by atoms with van der Waals surface area (Å²) in [4.78, 5) is 40.6. The lowest BCUT2D eigenvalue weighted by Crippen LogP contribution is -2.28. The highest BCUT2D eigenvalue weighted by Gasteiger charge is 2.38. The van der Waals surface area contributed by atoms with E-state index in [1.165, 1.54) is 23.8 Å². The van der Waals surface area contributed by atoms with Gasteiger partial charge < -0.3 is 14.8 Å². The molecule has 1 aromatic heterocycles. The van der Waals surface area contributed by atoms with E-state index >= 15 is 0 Å². The Morgan fingerprint density at radius 2 is 2.06 bits per heavy atom. The molecule has 1 amide bonds. The third kappa shape index (κ3) is 6.39. The summed E-state index contributed by atoms with van der Waals surface area (Å²) in [5.41, 5.74) is 0.939. The molecule has 1 aliphatic heterocycles. The molecular formula is C23H29N3O5S2. The number of nitrogens with zero attached hydrogens (tertiary/aromatic N) is 2. The smallest absolute Gasteiger partial charge is 0.351 e. The van der Waals surface area contributed by atoms with Gasteiger partial charge in [-0.3, -0.25) is 9.36 Å². The van der Waals surface area contributed by atoms with Crippen LogP contribution in [0.25, 0.3) is 0 Å². The van der Waals surface area contributed by atoms with Gasteiger partial charge in [-0.05, 0) is 31.0 Å². The molecule has 8 nitrogen and oxygen atoms in total. The van der Waals surface area contributed by atoms with Crippen molar-refractivity contribution in [2.24, 2.45) is 0 Å². The molecule has 0 aliphatic carbocycles. The van der Waals surface area contributed by atoms with E-state index in [0.717, 1.165) is 11.3 Å². The molecule has 2 heterocycles. The summed E-state index contributed by atoms with van der Waals surface area (Å²) in [6.07, 6.45) is 1.06. The third-order valence-electron chi connectivity index (χ3n) is 5.23. The summed E-state index contributed by atoms with van der Waals surface area (Å²) in [6, 6.07) is 9.04. The molecule has 1 N–H and O–H groups in total. The van der Waals surface area contributed by atoms with Crippen LogP contribution in [-0.4, -0.2) is 39.4 Å². The number of amides is 1. The van der Waals surface area contributed by atoms with Crippen molar-refractivity contribution in [2.75, 3.05) is 11.1 Å². The van der Waals surface area contributed by atoms with Gasteiger partial charge in [-0.15, -0.1) is 0 Å². The van der Waals surface area contributed by atoms with Crippen LogP contribution in [0.1, 0.15) is 67.9 Å². The number of hydrogen-bond acceptors (Lipinski definition) is 8. The van der Waals surface area contributed by atoms with Crippen LogP contribution in [0, 0.1) is 0 Å². The molecule has 2 unspecified atom stereocenters. The number of hydrogen-bond donors (Lipinski definition) is 1. The number of carbonyl (C=O) groups excluding carboxylic acids is 2. The maximum absolute atomic E-state index is 13.1. The van der Waals surface area contributed by atoms with E-state index in [4.69, 9.17) is 9.47 Å². The van der Waals surface area contributed by atoms with E-state index in [9.17, 15) is 14.4 Å². The van der Waals surface area contributed by atoms with E-state index in [0.29, 0.717) is 18.4 Å². The van der Waals surface area contributed by atoms with Gasteiger partial charge >= 0.3 is 11.7 Å². The van der Waals surface area contributed by atoms with Crippen molar-refractivity contribution in [3.8, 4) is 0 Å². The second-order valence-corrected chi connectivity index (χ2v) is 10.6. The van der Waals surface area contributed by atoms with Gasteiger partial charge in [0.2, 0.25) is 5.91 Å².